The van der Waals surface area contributed by atoms with E-state index >= 15 is 0 Å². The van der Waals surface area contributed by atoms with Gasteiger partial charge >= 0.3 is 0 Å². The summed E-state index contributed by atoms with van der Waals surface area (Å²) in [4.78, 5) is 2.31. The molecule has 2 N–H and O–H groups in total. The Labute approximate surface area is 108 Å². The van der Waals surface area contributed by atoms with E-state index in [0.29, 0.717) is 0 Å². The molecule has 0 radical (unpaired) electrons. The first-order valence-corrected chi connectivity index (χ1v) is 6.28. The molecule has 1 aromatic heterocycles. The normalized spacial score (nSPS) is 11.1. The molecule has 0 spiro atoms. The van der Waals surface area contributed by atoms with Crippen LogP contribution < -0.4 is 5.73 Å². The highest BCUT2D eigenvalue weighted by atomic mass is 16.3. The van der Waals surface area contributed by atoms with E-state index in [1.54, 1.807) is 6.26 Å². The summed E-state index contributed by atoms with van der Waals surface area (Å²) in [6.45, 7) is 6.87. The topological polar surface area (TPSA) is 42.4 Å². The monoisotopic (exact) mass is 244 g/mol. The van der Waals surface area contributed by atoms with Gasteiger partial charge in [-0.05, 0) is 37.2 Å². The predicted octanol–water partition coefficient (Wildman–Crippen LogP) is 3.19. The smallest absolute Gasteiger partial charge is 0.117 e. The molecule has 0 aliphatic carbocycles. The highest BCUT2D eigenvalue weighted by Gasteiger charge is 2.08. The minimum Gasteiger partial charge on any atom is -0.468 e. The first-order valence-electron chi connectivity index (χ1n) is 6.28. The molecule has 2 aromatic rings. The van der Waals surface area contributed by atoms with Crippen molar-refractivity contribution in [1.82, 2.24) is 4.90 Å². The molecule has 0 aliphatic heterocycles. The lowest BCUT2D eigenvalue weighted by molar-refractivity contribution is 0.248. The van der Waals surface area contributed by atoms with E-state index in [1.165, 1.54) is 11.1 Å². The Morgan fingerprint density at radius 3 is 2.72 bits per heavy atom. The SMILES string of the molecule is CCN(Cc1ccco1)Cc1cc(C)ccc1N. The Morgan fingerprint density at radius 2 is 2.06 bits per heavy atom. The van der Waals surface area contributed by atoms with E-state index < -0.39 is 0 Å². The largest absolute Gasteiger partial charge is 0.468 e. The fourth-order valence-electron chi connectivity index (χ4n) is 2.01. The molecule has 3 heteroatoms. The van der Waals surface area contributed by atoms with Gasteiger partial charge in [0, 0.05) is 12.2 Å². The number of aryl methyl sites for hydroxylation is 1. The molecule has 0 aliphatic rings. The van der Waals surface area contributed by atoms with Crippen LogP contribution in [0, 0.1) is 6.92 Å². The van der Waals surface area contributed by atoms with Crippen LogP contribution in [0.1, 0.15) is 23.8 Å². The molecule has 1 heterocycles. The number of nitrogens with two attached hydrogens (primary N) is 1. The van der Waals surface area contributed by atoms with Gasteiger partial charge in [-0.1, -0.05) is 24.6 Å². The third-order valence-corrected chi connectivity index (χ3v) is 3.10. The van der Waals surface area contributed by atoms with Crippen molar-refractivity contribution >= 4 is 5.69 Å². The predicted molar refractivity (Wildman–Crippen MR) is 74.1 cm³/mol. The fraction of sp³-hybridized carbons (Fsp3) is 0.333. The number of furan rings is 1. The van der Waals surface area contributed by atoms with E-state index in [0.717, 1.165) is 31.1 Å². The second-order valence-electron chi connectivity index (χ2n) is 4.58. The highest BCUT2D eigenvalue weighted by Crippen LogP contribution is 2.17. The molecule has 96 valence electrons. The molecule has 0 unspecified atom stereocenters. The number of benzene rings is 1. The number of rotatable bonds is 5. The molecule has 2 rings (SSSR count). The maximum absolute atomic E-state index is 6.02. The van der Waals surface area contributed by atoms with Crippen molar-refractivity contribution in [1.29, 1.82) is 0 Å². The van der Waals surface area contributed by atoms with E-state index in [-0.39, 0.29) is 0 Å². The van der Waals surface area contributed by atoms with Gasteiger partial charge in [0.25, 0.3) is 0 Å². The summed E-state index contributed by atoms with van der Waals surface area (Å²) < 4.78 is 5.38. The van der Waals surface area contributed by atoms with Crippen molar-refractivity contribution in [2.75, 3.05) is 12.3 Å². The molecule has 0 saturated heterocycles. The van der Waals surface area contributed by atoms with Gasteiger partial charge in [0.2, 0.25) is 0 Å². The van der Waals surface area contributed by atoms with Gasteiger partial charge in [-0.3, -0.25) is 4.90 Å². The average molecular weight is 244 g/mol. The Hall–Kier alpha value is -1.74. The highest BCUT2D eigenvalue weighted by molar-refractivity contribution is 5.48. The summed E-state index contributed by atoms with van der Waals surface area (Å²) in [5.41, 5.74) is 9.30. The van der Waals surface area contributed by atoms with Crippen molar-refractivity contribution in [2.45, 2.75) is 26.9 Å². The van der Waals surface area contributed by atoms with Crippen LogP contribution in [0.15, 0.2) is 41.0 Å². The summed E-state index contributed by atoms with van der Waals surface area (Å²) in [6.07, 6.45) is 1.71. The lowest BCUT2D eigenvalue weighted by atomic mass is 10.1. The van der Waals surface area contributed by atoms with Gasteiger partial charge in [-0.25, -0.2) is 0 Å². The number of hydrogen-bond donors (Lipinski definition) is 1. The maximum atomic E-state index is 6.02. The zero-order chi connectivity index (χ0) is 13.0. The van der Waals surface area contributed by atoms with Crippen LogP contribution in [0.2, 0.25) is 0 Å². The molecule has 0 amide bonds. The lowest BCUT2D eigenvalue weighted by Gasteiger charge is -2.20. The molecule has 0 saturated carbocycles. The Bertz CT molecular complexity index is 491. The quantitative estimate of drug-likeness (QED) is 0.821. The van der Waals surface area contributed by atoms with Crippen LogP contribution in [-0.2, 0) is 13.1 Å². The van der Waals surface area contributed by atoms with Gasteiger partial charge < -0.3 is 10.2 Å². The van der Waals surface area contributed by atoms with E-state index in [9.17, 15) is 0 Å². The number of hydrogen-bond acceptors (Lipinski definition) is 3. The summed E-state index contributed by atoms with van der Waals surface area (Å²) in [5, 5.41) is 0. The van der Waals surface area contributed by atoms with Crippen LogP contribution in [0.3, 0.4) is 0 Å². The number of nitrogens with zero attached hydrogens (tertiary/aromatic N) is 1. The van der Waals surface area contributed by atoms with Gasteiger partial charge in [0.15, 0.2) is 0 Å². The molecular formula is C15H20N2O. The molecule has 0 bridgehead atoms. The zero-order valence-electron chi connectivity index (χ0n) is 11.0. The van der Waals surface area contributed by atoms with E-state index in [1.807, 2.05) is 24.3 Å². The third-order valence-electron chi connectivity index (χ3n) is 3.10. The molecule has 18 heavy (non-hydrogen) atoms. The summed E-state index contributed by atoms with van der Waals surface area (Å²) in [5.74, 6) is 0.989. The zero-order valence-corrected chi connectivity index (χ0v) is 11.0. The summed E-state index contributed by atoms with van der Waals surface area (Å²) in [6, 6.07) is 10.1. The molecule has 0 fully saturated rings. The third kappa shape index (κ3) is 3.14. The van der Waals surface area contributed by atoms with Gasteiger partial charge in [-0.2, -0.15) is 0 Å². The Morgan fingerprint density at radius 1 is 1.22 bits per heavy atom. The van der Waals surface area contributed by atoms with Gasteiger partial charge in [-0.15, -0.1) is 0 Å². The standard InChI is InChI=1S/C15H20N2O/c1-3-17(11-14-5-4-8-18-14)10-13-9-12(2)6-7-15(13)16/h4-9H,3,10-11,16H2,1-2H3. The number of anilines is 1. The van der Waals surface area contributed by atoms with Crippen LogP contribution in [-0.4, -0.2) is 11.4 Å². The van der Waals surface area contributed by atoms with Crippen LogP contribution >= 0.6 is 0 Å². The molecule has 3 nitrogen and oxygen atoms in total. The molecule has 0 atom stereocenters. The number of nitrogen functional groups attached to an aromatic ring is 1. The second-order valence-corrected chi connectivity index (χ2v) is 4.58. The Balaban J connectivity index is 2.07. The van der Waals surface area contributed by atoms with Crippen LogP contribution in [0.4, 0.5) is 5.69 Å². The van der Waals surface area contributed by atoms with E-state index in [2.05, 4.69) is 24.8 Å². The average Bonchev–Trinajstić information content (AvgIpc) is 2.85. The van der Waals surface area contributed by atoms with Gasteiger partial charge in [0.1, 0.15) is 5.76 Å². The van der Waals surface area contributed by atoms with Crippen molar-refractivity contribution < 1.29 is 4.42 Å². The molecular weight excluding hydrogens is 224 g/mol. The minimum atomic E-state index is 0.816. The van der Waals surface area contributed by atoms with Crippen LogP contribution in [0.25, 0.3) is 0 Å². The fourth-order valence-corrected chi connectivity index (χ4v) is 2.01. The first kappa shape index (κ1) is 12.7. The molecule has 1 aromatic carbocycles. The summed E-state index contributed by atoms with van der Waals surface area (Å²) >= 11 is 0. The van der Waals surface area contributed by atoms with E-state index in [4.69, 9.17) is 10.2 Å². The van der Waals surface area contributed by atoms with Crippen molar-refractivity contribution in [3.8, 4) is 0 Å². The first-order chi connectivity index (χ1) is 8.69. The van der Waals surface area contributed by atoms with Crippen LogP contribution in [0.5, 0.6) is 0 Å². The van der Waals surface area contributed by atoms with Gasteiger partial charge in [0.05, 0.1) is 12.8 Å². The van der Waals surface area contributed by atoms with Crippen molar-refractivity contribution in [2.24, 2.45) is 0 Å². The maximum Gasteiger partial charge on any atom is 0.117 e. The lowest BCUT2D eigenvalue weighted by Crippen LogP contribution is -2.22. The summed E-state index contributed by atoms with van der Waals surface area (Å²) in [7, 11) is 0. The van der Waals surface area contributed by atoms with Crippen molar-refractivity contribution in [3.63, 3.8) is 0 Å². The van der Waals surface area contributed by atoms with Crippen molar-refractivity contribution in [3.05, 3.63) is 53.5 Å². The Kier molecular flexibility index (Phi) is 4.05. The second kappa shape index (κ2) is 5.74. The minimum absolute atomic E-state index is 0.816.